The van der Waals surface area contributed by atoms with E-state index < -0.39 is 6.03 Å². The Morgan fingerprint density at radius 3 is 2.52 bits per heavy atom. The van der Waals surface area contributed by atoms with Gasteiger partial charge in [-0.05, 0) is 53.5 Å². The Balaban J connectivity index is 1.64. The van der Waals surface area contributed by atoms with Crippen molar-refractivity contribution in [3.8, 4) is 0 Å². The number of para-hydroxylation sites is 1. The number of hydrazine groups is 1. The third kappa shape index (κ3) is 6.39. The van der Waals surface area contributed by atoms with Crippen LogP contribution in [0.15, 0.2) is 46.3 Å². The minimum atomic E-state index is -0.424. The van der Waals surface area contributed by atoms with Crippen LogP contribution in [-0.4, -0.2) is 31.6 Å². The maximum absolute atomic E-state index is 11.8. The summed E-state index contributed by atoms with van der Waals surface area (Å²) in [6.07, 6.45) is 0.808. The molecule has 25 heavy (non-hydrogen) atoms. The Kier molecular flexibility index (Phi) is 7.75. The molecule has 0 bridgehead atoms. The minimum absolute atomic E-state index is 0.341. The van der Waals surface area contributed by atoms with E-state index in [0.717, 1.165) is 23.3 Å². The van der Waals surface area contributed by atoms with Crippen LogP contribution in [-0.2, 0) is 0 Å². The Labute approximate surface area is 159 Å². The Morgan fingerprint density at radius 2 is 1.88 bits per heavy atom. The number of thiophene rings is 1. The summed E-state index contributed by atoms with van der Waals surface area (Å²) >= 11 is 4.59. The zero-order chi connectivity index (χ0) is 18.1. The first kappa shape index (κ1) is 19.3. The molecule has 1 heterocycles. The van der Waals surface area contributed by atoms with E-state index in [2.05, 4.69) is 56.1 Å². The number of nitrogens with one attached hydrogen (secondary N) is 3. The Morgan fingerprint density at radius 1 is 1.12 bits per heavy atom. The van der Waals surface area contributed by atoms with Crippen LogP contribution in [0.5, 0.6) is 0 Å². The number of hydrogen-bond acceptors (Lipinski definition) is 4. The van der Waals surface area contributed by atoms with Crippen molar-refractivity contribution in [3.63, 3.8) is 0 Å². The van der Waals surface area contributed by atoms with Gasteiger partial charge in [0.2, 0.25) is 0 Å². The molecule has 0 atom stereocenters. The lowest BCUT2D eigenvalue weighted by atomic mass is 10.2. The van der Waals surface area contributed by atoms with Crippen molar-refractivity contribution in [1.82, 2.24) is 16.2 Å². The number of benzene rings is 1. The van der Waals surface area contributed by atoms with Crippen LogP contribution >= 0.6 is 27.3 Å². The number of amides is 3. The number of nitrogens with zero attached hydrogens (tertiary/aromatic N) is 1. The molecule has 0 saturated heterocycles. The standard InChI is InChI=1S/C17H21BrN4O2S/c1-2-22(13-7-4-3-5-8-13)12-6-11-19-17(24)21-20-16(23)14-9-10-15(18)25-14/h3-5,7-10H,2,6,11-12H2,1H3,(H,20,23)(H2,19,21,24). The maximum Gasteiger partial charge on any atom is 0.333 e. The predicted molar refractivity (Wildman–Crippen MR) is 105 cm³/mol. The van der Waals surface area contributed by atoms with Crippen molar-refractivity contribution in [2.24, 2.45) is 0 Å². The molecule has 2 aromatic rings. The number of carbonyl (C=O) groups excluding carboxylic acids is 2. The molecule has 1 aromatic heterocycles. The highest BCUT2D eigenvalue weighted by molar-refractivity contribution is 9.11. The van der Waals surface area contributed by atoms with E-state index >= 15 is 0 Å². The molecule has 0 radical (unpaired) electrons. The van der Waals surface area contributed by atoms with Crippen LogP contribution in [0, 0.1) is 0 Å². The number of hydrogen-bond donors (Lipinski definition) is 3. The molecule has 8 heteroatoms. The number of carbonyl (C=O) groups is 2. The summed E-state index contributed by atoms with van der Waals surface area (Å²) in [4.78, 5) is 26.3. The summed E-state index contributed by atoms with van der Waals surface area (Å²) in [5, 5.41) is 2.73. The normalized spacial score (nSPS) is 10.2. The van der Waals surface area contributed by atoms with E-state index in [0.29, 0.717) is 11.4 Å². The largest absolute Gasteiger partial charge is 0.372 e. The minimum Gasteiger partial charge on any atom is -0.372 e. The maximum atomic E-state index is 11.8. The molecule has 134 valence electrons. The van der Waals surface area contributed by atoms with Crippen molar-refractivity contribution >= 4 is 44.9 Å². The lowest BCUT2D eigenvalue weighted by Gasteiger charge is -2.23. The van der Waals surface area contributed by atoms with Gasteiger partial charge in [0.05, 0.1) is 8.66 Å². The third-order valence-corrected chi connectivity index (χ3v) is 5.10. The van der Waals surface area contributed by atoms with Gasteiger partial charge in [0.25, 0.3) is 5.91 Å². The SMILES string of the molecule is CCN(CCCNC(=O)NNC(=O)c1ccc(Br)s1)c1ccccc1. The van der Waals surface area contributed by atoms with Gasteiger partial charge in [-0.3, -0.25) is 10.2 Å². The first-order valence-electron chi connectivity index (χ1n) is 7.99. The molecule has 0 aliphatic carbocycles. The molecule has 0 unspecified atom stereocenters. The van der Waals surface area contributed by atoms with E-state index in [9.17, 15) is 9.59 Å². The molecule has 2 rings (SSSR count). The highest BCUT2D eigenvalue weighted by atomic mass is 79.9. The summed E-state index contributed by atoms with van der Waals surface area (Å²) < 4.78 is 0.862. The van der Waals surface area contributed by atoms with Crippen LogP contribution < -0.4 is 21.1 Å². The quantitative estimate of drug-likeness (QED) is 0.471. The van der Waals surface area contributed by atoms with E-state index in [1.54, 1.807) is 12.1 Å². The van der Waals surface area contributed by atoms with Gasteiger partial charge in [0.1, 0.15) is 0 Å². The van der Waals surface area contributed by atoms with Gasteiger partial charge >= 0.3 is 6.03 Å². The van der Waals surface area contributed by atoms with Gasteiger partial charge in [-0.1, -0.05) is 18.2 Å². The summed E-state index contributed by atoms with van der Waals surface area (Å²) in [5.74, 6) is -0.341. The fraction of sp³-hybridized carbons (Fsp3) is 0.294. The van der Waals surface area contributed by atoms with Crippen LogP contribution in [0.2, 0.25) is 0 Å². The molecule has 3 N–H and O–H groups in total. The summed E-state index contributed by atoms with van der Waals surface area (Å²) in [7, 11) is 0. The number of rotatable bonds is 7. The van der Waals surface area contributed by atoms with Crippen LogP contribution in [0.25, 0.3) is 0 Å². The van der Waals surface area contributed by atoms with E-state index in [4.69, 9.17) is 0 Å². The van der Waals surface area contributed by atoms with Crippen molar-refractivity contribution in [1.29, 1.82) is 0 Å². The first-order valence-corrected chi connectivity index (χ1v) is 9.60. The monoisotopic (exact) mass is 424 g/mol. The van der Waals surface area contributed by atoms with Gasteiger partial charge in [0, 0.05) is 25.3 Å². The molecule has 0 saturated carbocycles. The molecule has 0 fully saturated rings. The fourth-order valence-electron chi connectivity index (χ4n) is 2.24. The topological polar surface area (TPSA) is 73.5 Å². The second kappa shape index (κ2) is 10.0. The van der Waals surface area contributed by atoms with Gasteiger partial charge in [-0.25, -0.2) is 10.2 Å². The Bertz CT molecular complexity index is 693. The zero-order valence-corrected chi connectivity index (χ0v) is 16.3. The number of halogens is 1. The first-order chi connectivity index (χ1) is 12.1. The molecule has 0 aliphatic heterocycles. The van der Waals surface area contributed by atoms with Crippen molar-refractivity contribution in [2.75, 3.05) is 24.5 Å². The average Bonchev–Trinajstić information content (AvgIpc) is 3.07. The summed E-state index contributed by atoms with van der Waals surface area (Å²) in [6, 6.07) is 13.2. The molecular weight excluding hydrogens is 404 g/mol. The second-order valence-electron chi connectivity index (χ2n) is 5.21. The lowest BCUT2D eigenvalue weighted by Crippen LogP contribution is -2.47. The van der Waals surface area contributed by atoms with E-state index in [1.807, 2.05) is 18.2 Å². The molecule has 0 aliphatic rings. The van der Waals surface area contributed by atoms with Gasteiger partial charge in [-0.15, -0.1) is 11.3 Å². The number of anilines is 1. The summed E-state index contributed by atoms with van der Waals surface area (Å²) in [6.45, 7) is 4.38. The smallest absolute Gasteiger partial charge is 0.333 e. The van der Waals surface area contributed by atoms with E-state index in [-0.39, 0.29) is 5.91 Å². The van der Waals surface area contributed by atoms with Crippen LogP contribution in [0.4, 0.5) is 10.5 Å². The molecular formula is C17H21BrN4O2S. The third-order valence-electron chi connectivity index (χ3n) is 3.48. The average molecular weight is 425 g/mol. The van der Waals surface area contributed by atoms with Crippen LogP contribution in [0.1, 0.15) is 23.0 Å². The van der Waals surface area contributed by atoms with E-state index in [1.165, 1.54) is 17.0 Å². The highest BCUT2D eigenvalue weighted by Gasteiger charge is 2.09. The number of urea groups is 1. The Hall–Kier alpha value is -2.06. The summed E-state index contributed by atoms with van der Waals surface area (Å²) in [5.41, 5.74) is 5.90. The molecule has 6 nitrogen and oxygen atoms in total. The van der Waals surface area contributed by atoms with Gasteiger partial charge in [0.15, 0.2) is 0 Å². The fourth-order valence-corrected chi connectivity index (χ4v) is 3.52. The lowest BCUT2D eigenvalue weighted by molar-refractivity contribution is 0.0940. The zero-order valence-electron chi connectivity index (χ0n) is 13.9. The van der Waals surface area contributed by atoms with Crippen LogP contribution in [0.3, 0.4) is 0 Å². The predicted octanol–water partition coefficient (Wildman–Crippen LogP) is 3.37. The second-order valence-corrected chi connectivity index (χ2v) is 7.67. The molecule has 0 spiro atoms. The van der Waals surface area contributed by atoms with Crippen molar-refractivity contribution in [2.45, 2.75) is 13.3 Å². The molecule has 3 amide bonds. The van der Waals surface area contributed by atoms with Gasteiger partial charge in [-0.2, -0.15) is 0 Å². The van der Waals surface area contributed by atoms with Crippen molar-refractivity contribution < 1.29 is 9.59 Å². The van der Waals surface area contributed by atoms with Gasteiger partial charge < -0.3 is 10.2 Å². The van der Waals surface area contributed by atoms with Crippen molar-refractivity contribution in [3.05, 3.63) is 51.1 Å². The molecule has 1 aromatic carbocycles. The highest BCUT2D eigenvalue weighted by Crippen LogP contribution is 2.21.